The quantitative estimate of drug-likeness (QED) is 0.333. The Balaban J connectivity index is 3.28. The number of aliphatic imine (C=N–C) groups is 1. The fourth-order valence-corrected chi connectivity index (χ4v) is 2.36. The highest BCUT2D eigenvalue weighted by atomic mass is 16.5. The van der Waals surface area contributed by atoms with Crippen molar-refractivity contribution in [3.05, 3.63) is 11.8 Å². The van der Waals surface area contributed by atoms with Gasteiger partial charge in [0.2, 0.25) is 11.7 Å². The number of carboxylic acid groups (broad SMARTS) is 1. The fraction of sp³-hybridized carbons (Fsp3) is 0.571. The molecule has 1 aliphatic rings. The van der Waals surface area contributed by atoms with Gasteiger partial charge >= 0.3 is 5.97 Å². The minimum Gasteiger partial charge on any atom is -0.475 e. The summed E-state index contributed by atoms with van der Waals surface area (Å²) in [5.41, 5.74) is 10.7. The molecular formula is C14H23N5O5. The molecule has 10 nitrogen and oxygen atoms in total. The lowest BCUT2D eigenvalue weighted by Crippen LogP contribution is -2.58. The molecule has 24 heavy (non-hydrogen) atoms. The summed E-state index contributed by atoms with van der Waals surface area (Å²) >= 11 is 0. The molecule has 6 N–H and O–H groups in total. The molecule has 0 radical (unpaired) electrons. The van der Waals surface area contributed by atoms with Crippen molar-refractivity contribution in [2.75, 3.05) is 13.6 Å². The van der Waals surface area contributed by atoms with Crippen LogP contribution in [0.15, 0.2) is 16.8 Å². The van der Waals surface area contributed by atoms with Gasteiger partial charge in [-0.1, -0.05) is 6.92 Å². The number of amides is 2. The molecule has 10 heteroatoms. The van der Waals surface area contributed by atoms with Crippen LogP contribution in [-0.2, 0) is 19.1 Å². The third-order valence-electron chi connectivity index (χ3n) is 3.33. The molecule has 0 saturated carbocycles. The molecule has 0 aliphatic carbocycles. The average molecular weight is 341 g/mol. The summed E-state index contributed by atoms with van der Waals surface area (Å²) in [6.07, 6.45) is 0.611. The van der Waals surface area contributed by atoms with E-state index in [-0.39, 0.29) is 5.96 Å². The number of hydrogen-bond donors (Lipinski definition) is 4. The van der Waals surface area contributed by atoms with Crippen LogP contribution < -0.4 is 16.8 Å². The summed E-state index contributed by atoms with van der Waals surface area (Å²) in [7, 11) is 1.56. The van der Waals surface area contributed by atoms with Crippen LogP contribution in [0, 0.1) is 0 Å². The Bertz CT molecular complexity index is 570. The van der Waals surface area contributed by atoms with Gasteiger partial charge in [-0.15, -0.1) is 0 Å². The molecule has 0 aromatic heterocycles. The van der Waals surface area contributed by atoms with Crippen molar-refractivity contribution in [1.29, 1.82) is 0 Å². The van der Waals surface area contributed by atoms with Crippen molar-refractivity contribution in [3.8, 4) is 0 Å². The van der Waals surface area contributed by atoms with Gasteiger partial charge in [-0.05, 0) is 12.5 Å². The molecule has 0 spiro atoms. The van der Waals surface area contributed by atoms with Gasteiger partial charge in [0.05, 0.1) is 0 Å². The van der Waals surface area contributed by atoms with Crippen LogP contribution in [0.5, 0.6) is 0 Å². The van der Waals surface area contributed by atoms with E-state index in [1.54, 1.807) is 7.05 Å². The molecule has 2 amide bonds. The highest BCUT2D eigenvalue weighted by Gasteiger charge is 2.42. The minimum absolute atomic E-state index is 0.300. The van der Waals surface area contributed by atoms with Crippen LogP contribution in [0.25, 0.3) is 0 Å². The first-order valence-corrected chi connectivity index (χ1v) is 7.40. The SMILES string of the molecule is CCCN(C)C(=O)[C@@H]1OC(C(=O)O)=CC(N=C(N)N)C1NC(C)=O. The standard InChI is InChI=1S/C14H23N5O5/c1-4-5-19(3)12(21)11-10(17-7(2)20)8(18-14(15)16)6-9(24-11)13(22)23/h6,8,10-11H,4-5H2,1-3H3,(H,17,20)(H,22,23)(H4,15,16,18)/t8?,10?,11-/m1/s1. The number of carbonyl (C=O) groups is 3. The summed E-state index contributed by atoms with van der Waals surface area (Å²) in [4.78, 5) is 40.7. The van der Waals surface area contributed by atoms with E-state index in [1.165, 1.54) is 11.8 Å². The van der Waals surface area contributed by atoms with Gasteiger partial charge in [-0.2, -0.15) is 0 Å². The Hall–Kier alpha value is -2.78. The predicted molar refractivity (Wildman–Crippen MR) is 85.7 cm³/mol. The third kappa shape index (κ3) is 4.86. The molecule has 0 fully saturated rings. The van der Waals surface area contributed by atoms with Gasteiger partial charge in [-0.25, -0.2) is 9.79 Å². The second kappa shape index (κ2) is 8.18. The van der Waals surface area contributed by atoms with Gasteiger partial charge in [-0.3, -0.25) is 9.59 Å². The number of nitrogens with zero attached hydrogens (tertiary/aromatic N) is 2. The number of carboxylic acids is 1. The highest BCUT2D eigenvalue weighted by molar-refractivity contribution is 5.89. The normalized spacial score (nSPS) is 22.6. The van der Waals surface area contributed by atoms with Crippen molar-refractivity contribution in [1.82, 2.24) is 10.2 Å². The first-order chi connectivity index (χ1) is 11.2. The second-order valence-corrected chi connectivity index (χ2v) is 5.41. The van der Waals surface area contributed by atoms with Crippen molar-refractivity contribution in [2.24, 2.45) is 16.5 Å². The molecule has 1 aliphatic heterocycles. The third-order valence-corrected chi connectivity index (χ3v) is 3.33. The fourth-order valence-electron chi connectivity index (χ4n) is 2.36. The Morgan fingerprint density at radius 3 is 2.50 bits per heavy atom. The van der Waals surface area contributed by atoms with Crippen LogP contribution >= 0.6 is 0 Å². The van der Waals surface area contributed by atoms with Crippen LogP contribution in [0.4, 0.5) is 0 Å². The summed E-state index contributed by atoms with van der Waals surface area (Å²) in [5.74, 6) is -3.01. The van der Waals surface area contributed by atoms with Gasteiger partial charge in [0.15, 0.2) is 12.1 Å². The largest absolute Gasteiger partial charge is 0.475 e. The van der Waals surface area contributed by atoms with Gasteiger partial charge in [0, 0.05) is 20.5 Å². The lowest BCUT2D eigenvalue weighted by molar-refractivity contribution is -0.148. The van der Waals surface area contributed by atoms with Crippen molar-refractivity contribution in [2.45, 2.75) is 38.5 Å². The number of hydrogen-bond acceptors (Lipinski definition) is 5. The molecule has 0 bridgehead atoms. The lowest BCUT2D eigenvalue weighted by Gasteiger charge is -2.36. The Kier molecular flexibility index (Phi) is 6.57. The van der Waals surface area contributed by atoms with Crippen LogP contribution in [0.2, 0.25) is 0 Å². The summed E-state index contributed by atoms with van der Waals surface area (Å²) < 4.78 is 5.31. The number of guanidine groups is 1. The Morgan fingerprint density at radius 2 is 2.04 bits per heavy atom. The average Bonchev–Trinajstić information content (AvgIpc) is 2.47. The zero-order chi connectivity index (χ0) is 18.4. The number of nitrogens with two attached hydrogens (primary N) is 2. The van der Waals surface area contributed by atoms with Gasteiger partial charge < -0.3 is 31.5 Å². The molecule has 0 saturated heterocycles. The molecule has 1 heterocycles. The predicted octanol–water partition coefficient (Wildman–Crippen LogP) is -1.63. The first kappa shape index (κ1) is 19.3. The number of nitrogens with one attached hydrogen (secondary N) is 1. The van der Waals surface area contributed by atoms with E-state index >= 15 is 0 Å². The monoisotopic (exact) mass is 341 g/mol. The molecule has 0 aromatic rings. The molecule has 0 aromatic carbocycles. The van der Waals surface area contributed by atoms with Crippen LogP contribution in [0.1, 0.15) is 20.3 Å². The number of aliphatic carboxylic acids is 1. The second-order valence-electron chi connectivity index (χ2n) is 5.41. The first-order valence-electron chi connectivity index (χ1n) is 7.40. The number of likely N-dealkylation sites (N-methyl/N-ethyl adjacent to an activating group) is 1. The maximum atomic E-state index is 12.6. The Morgan fingerprint density at radius 1 is 1.42 bits per heavy atom. The minimum atomic E-state index is -1.36. The number of ether oxygens (including phenoxy) is 1. The Labute approximate surface area is 139 Å². The zero-order valence-electron chi connectivity index (χ0n) is 13.9. The van der Waals surface area contributed by atoms with E-state index in [9.17, 15) is 19.5 Å². The van der Waals surface area contributed by atoms with Crippen molar-refractivity contribution >= 4 is 23.7 Å². The highest BCUT2D eigenvalue weighted by Crippen LogP contribution is 2.22. The molecule has 134 valence electrons. The van der Waals surface area contributed by atoms with Crippen LogP contribution in [0.3, 0.4) is 0 Å². The van der Waals surface area contributed by atoms with E-state index in [1.807, 2.05) is 6.92 Å². The maximum Gasteiger partial charge on any atom is 0.370 e. The molecule has 2 unspecified atom stereocenters. The summed E-state index contributed by atoms with van der Waals surface area (Å²) in [6, 6.07) is -1.87. The van der Waals surface area contributed by atoms with E-state index in [0.29, 0.717) is 13.0 Å². The summed E-state index contributed by atoms with van der Waals surface area (Å²) in [5, 5.41) is 11.7. The summed E-state index contributed by atoms with van der Waals surface area (Å²) in [6.45, 7) is 3.60. The van der Waals surface area contributed by atoms with Gasteiger partial charge in [0.1, 0.15) is 12.1 Å². The van der Waals surface area contributed by atoms with E-state index in [0.717, 1.165) is 6.08 Å². The lowest BCUT2D eigenvalue weighted by atomic mass is 9.97. The molecule has 1 rings (SSSR count). The van der Waals surface area contributed by atoms with Crippen molar-refractivity contribution < 1.29 is 24.2 Å². The van der Waals surface area contributed by atoms with Crippen LogP contribution in [-0.4, -0.2) is 65.5 Å². The molecule has 3 atom stereocenters. The number of carbonyl (C=O) groups excluding carboxylic acids is 2. The zero-order valence-corrected chi connectivity index (χ0v) is 13.9. The van der Waals surface area contributed by atoms with Crippen molar-refractivity contribution in [3.63, 3.8) is 0 Å². The molecular weight excluding hydrogens is 318 g/mol. The van der Waals surface area contributed by atoms with E-state index in [2.05, 4.69) is 10.3 Å². The van der Waals surface area contributed by atoms with E-state index < -0.39 is 41.7 Å². The topological polar surface area (TPSA) is 160 Å². The maximum absolute atomic E-state index is 12.6. The van der Waals surface area contributed by atoms with E-state index in [4.69, 9.17) is 16.2 Å². The number of rotatable bonds is 6. The smallest absolute Gasteiger partial charge is 0.370 e. The van der Waals surface area contributed by atoms with Gasteiger partial charge in [0.25, 0.3) is 5.91 Å².